The number of aliphatic hydroxyl groups is 2. The number of hydrogen-bond donors (Lipinski definition) is 6. The highest BCUT2D eigenvalue weighted by atomic mass is 35.7. The summed E-state index contributed by atoms with van der Waals surface area (Å²) in [6.45, 7) is 38.1. The van der Waals surface area contributed by atoms with Crippen molar-refractivity contribution in [3.8, 4) is 0 Å². The summed E-state index contributed by atoms with van der Waals surface area (Å²) in [4.78, 5) is 46.7. The topological polar surface area (TPSA) is 383 Å². The van der Waals surface area contributed by atoms with E-state index in [1.54, 1.807) is 83.1 Å². The van der Waals surface area contributed by atoms with Gasteiger partial charge in [0, 0.05) is 50.2 Å². The van der Waals surface area contributed by atoms with Crippen LogP contribution in [0.15, 0.2) is 0 Å². The van der Waals surface area contributed by atoms with E-state index in [1.165, 1.54) is 10.0 Å². The number of hydrogen-bond acceptors (Lipinski definition) is 25. The Labute approximate surface area is 458 Å². The first-order valence-corrected chi connectivity index (χ1v) is 28.4. The largest absolute Gasteiger partial charge is 0.443 e. The van der Waals surface area contributed by atoms with Crippen LogP contribution in [0.1, 0.15) is 124 Å². The van der Waals surface area contributed by atoms with Gasteiger partial charge in [-0.05, 0) is 110 Å². The van der Waals surface area contributed by atoms with Gasteiger partial charge in [-0.2, -0.15) is 0 Å². The molecule has 0 saturated carbocycles. The van der Waals surface area contributed by atoms with Gasteiger partial charge in [-0.25, -0.2) is 48.5 Å². The Hall–Kier alpha value is -3.80. The predicted octanol–water partition coefficient (Wildman–Crippen LogP) is 3.50. The van der Waals surface area contributed by atoms with Crippen LogP contribution in [-0.4, -0.2) is 212 Å². The number of carbonyl (C=O) groups is 4. The number of amides is 4. The van der Waals surface area contributed by atoms with E-state index in [4.69, 9.17) is 73.4 Å². The molecule has 6 N–H and O–H groups in total. The summed E-state index contributed by atoms with van der Waals surface area (Å²) < 4.78 is 115. The summed E-state index contributed by atoms with van der Waals surface area (Å²) in [5, 5.41) is 18.7. The molecule has 2 fully saturated rings. The minimum absolute atomic E-state index is 0.0278. The molecule has 2 rings (SSSR count). The van der Waals surface area contributed by atoms with Crippen molar-refractivity contribution in [1.82, 2.24) is 31.7 Å². The number of nitrogens with zero attached hydrogens (tertiary/aromatic N) is 2. The van der Waals surface area contributed by atoms with Gasteiger partial charge in [0.15, 0.2) is 0 Å². The molecule has 33 heteroatoms. The molecule has 0 bridgehead atoms. The highest BCUT2D eigenvalue weighted by Gasteiger charge is 2.34. The van der Waals surface area contributed by atoms with Crippen LogP contribution in [0.5, 0.6) is 0 Å². The maximum atomic E-state index is 12.2. The molecule has 0 aromatic carbocycles. The zero-order valence-corrected chi connectivity index (χ0v) is 50.9. The van der Waals surface area contributed by atoms with Crippen molar-refractivity contribution in [1.29, 1.82) is 0 Å². The number of nitrogens with one attached hydrogen (secondary N) is 4. The van der Waals surface area contributed by atoms with Gasteiger partial charge in [0.2, 0.25) is 9.05 Å². The Kier molecular flexibility index (Phi) is 60.3. The Morgan fingerprint density at radius 1 is 0.539 bits per heavy atom. The molecule has 0 aromatic rings. The van der Waals surface area contributed by atoms with E-state index in [-0.39, 0.29) is 26.3 Å². The summed E-state index contributed by atoms with van der Waals surface area (Å²) >= 11 is 0. The van der Waals surface area contributed by atoms with E-state index in [9.17, 15) is 27.6 Å². The first kappa shape index (κ1) is 86.1. The molecule has 4 amide bonds. The standard InChI is InChI=1S/C14H26N2O5.C10H20N2O4.C6H14O.C4H10N2O.C4H10O3.C4H10O.CH3ClO2S.2O3S/c1-13(2,3)20-11(17)15-7-9-19-10-8-16(15)12(18)21-14(4,5)6;1-9(2,3)15-7(13)11-12-8(14)16-10(4,5)6;1-3-5-7-6-4-2;1-3-7-4-2-6-5-1;5-1-3-7-4-2-6;1-3-5-4-2;1-5(2,3)4;2*1-4(2)3/h7-10H2,1-6H3;1-6H3,(H,11,13)(H,12,14);3-6H2,1-2H3;2*5-6H,1-4H2;3-4H2,1-2H3;1H3;;. The lowest BCUT2D eigenvalue weighted by Gasteiger charge is -2.34. The van der Waals surface area contributed by atoms with Crippen molar-refractivity contribution in [3.63, 3.8) is 0 Å². The number of halogens is 1. The molecule has 0 unspecified atom stereocenters. The van der Waals surface area contributed by atoms with E-state index in [0.717, 1.165) is 71.8 Å². The van der Waals surface area contributed by atoms with Crippen LogP contribution in [0.3, 0.4) is 0 Å². The molecule has 76 heavy (non-hydrogen) atoms. The van der Waals surface area contributed by atoms with Gasteiger partial charge >= 0.3 is 45.6 Å². The molecular weight excluding hydrogens is 1100 g/mol. The van der Waals surface area contributed by atoms with Gasteiger partial charge < -0.3 is 52.8 Å². The highest BCUT2D eigenvalue weighted by molar-refractivity contribution is 8.13. The molecule has 0 atom stereocenters. The quantitative estimate of drug-likeness (QED) is 0.0789. The van der Waals surface area contributed by atoms with Crippen molar-refractivity contribution in [2.24, 2.45) is 0 Å². The monoisotopic (exact) mass is 1190 g/mol. The molecule has 0 aliphatic carbocycles. The van der Waals surface area contributed by atoms with Crippen molar-refractivity contribution >= 4 is 65.3 Å². The molecule has 0 spiro atoms. The fourth-order valence-corrected chi connectivity index (χ4v) is 3.71. The van der Waals surface area contributed by atoms with Crippen molar-refractivity contribution < 1.29 is 106 Å². The maximum absolute atomic E-state index is 12.2. The van der Waals surface area contributed by atoms with Crippen LogP contribution < -0.4 is 21.7 Å². The fraction of sp³-hybridized carbons (Fsp3) is 0.907. The van der Waals surface area contributed by atoms with Crippen molar-refractivity contribution in [2.75, 3.05) is 112 Å². The van der Waals surface area contributed by atoms with Gasteiger partial charge in [0.25, 0.3) is 0 Å². The smallest absolute Gasteiger partial charge is 0.429 e. The zero-order chi connectivity index (χ0) is 61.0. The SMILES string of the molecule is C1COCCNN1.CC(C)(C)OC(=O)N1CCOCCN1C(=O)OC(C)(C)C.CC(C)(C)OC(=O)NNC(=O)OC(C)(C)C.CCCOCCC.CCOCC.CS(=O)(=O)Cl.O=S(=O)=O.O=S(=O)=O.OCCOCCO. The minimum Gasteiger partial charge on any atom is -0.443 e. The van der Waals surface area contributed by atoms with E-state index in [1.807, 2.05) is 13.8 Å². The predicted molar refractivity (Wildman–Crippen MR) is 281 cm³/mol. The van der Waals surface area contributed by atoms with Crippen LogP contribution in [0.2, 0.25) is 0 Å². The number of ether oxygens (including phenoxy) is 9. The second kappa shape index (κ2) is 53.2. The van der Waals surface area contributed by atoms with Crippen LogP contribution >= 0.6 is 10.7 Å². The average molecular weight is 1190 g/mol. The van der Waals surface area contributed by atoms with E-state index in [2.05, 4.69) is 51.0 Å². The van der Waals surface area contributed by atoms with Crippen molar-refractivity contribution in [2.45, 2.75) is 146 Å². The van der Waals surface area contributed by atoms with Crippen LogP contribution in [0.4, 0.5) is 19.2 Å². The molecule has 0 radical (unpaired) electrons. The molecule has 0 aromatic heterocycles. The Morgan fingerprint density at radius 3 is 1.03 bits per heavy atom. The summed E-state index contributed by atoms with van der Waals surface area (Å²) in [5.74, 6) is 0. The van der Waals surface area contributed by atoms with Crippen LogP contribution in [0, 0.1) is 0 Å². The Bertz CT molecular complexity index is 1630. The third-order valence-electron chi connectivity index (χ3n) is 5.90. The highest BCUT2D eigenvalue weighted by Crippen LogP contribution is 2.17. The number of hydrazine groups is 3. The van der Waals surface area contributed by atoms with Crippen molar-refractivity contribution in [3.05, 3.63) is 0 Å². The Balaban J connectivity index is -0.000000152. The average Bonchev–Trinajstić information content (AvgIpc) is 3.69. The third-order valence-corrected chi connectivity index (χ3v) is 5.90. The number of carbonyl (C=O) groups excluding carboxylic acids is 4. The summed E-state index contributed by atoms with van der Waals surface area (Å²) in [6.07, 6.45) is 0.559. The lowest BCUT2D eigenvalue weighted by molar-refractivity contribution is -0.0572. The number of rotatable bonds is 10. The normalized spacial score (nSPS) is 13.1. The number of aliphatic hydroxyl groups excluding tert-OH is 2. The van der Waals surface area contributed by atoms with Crippen LogP contribution in [-0.2, 0) is 72.9 Å². The first-order valence-electron chi connectivity index (χ1n) is 23.7. The summed E-state index contributed by atoms with van der Waals surface area (Å²) in [7, 11) is -4.91. The van der Waals surface area contributed by atoms with E-state index >= 15 is 0 Å². The zero-order valence-electron chi connectivity index (χ0n) is 47.7. The lowest BCUT2D eigenvalue weighted by Crippen LogP contribution is -2.53. The van der Waals surface area contributed by atoms with E-state index in [0.29, 0.717) is 26.4 Å². The van der Waals surface area contributed by atoms with Gasteiger partial charge in [-0.1, -0.05) is 13.8 Å². The van der Waals surface area contributed by atoms with Gasteiger partial charge in [0.05, 0.1) is 72.2 Å². The van der Waals surface area contributed by atoms with E-state index < -0.39 is 77.0 Å². The molecule has 29 nitrogen and oxygen atoms in total. The fourth-order valence-electron chi connectivity index (χ4n) is 3.71. The van der Waals surface area contributed by atoms with Gasteiger partial charge in [-0.3, -0.25) is 10.9 Å². The minimum atomic E-state index is -3.19. The van der Waals surface area contributed by atoms with Gasteiger partial charge in [-0.15, -0.1) is 25.3 Å². The third kappa shape index (κ3) is 99.2. The molecule has 2 aliphatic heterocycles. The molecular formula is C43H93ClN6O23S3. The summed E-state index contributed by atoms with van der Waals surface area (Å²) in [5.41, 5.74) is 7.60. The second-order valence-electron chi connectivity index (χ2n) is 18.1. The lowest BCUT2D eigenvalue weighted by atomic mass is 10.2. The summed E-state index contributed by atoms with van der Waals surface area (Å²) in [6, 6.07) is 0. The maximum Gasteiger partial charge on any atom is 0.429 e. The van der Waals surface area contributed by atoms with Crippen LogP contribution in [0.25, 0.3) is 0 Å². The molecule has 458 valence electrons. The second-order valence-corrected chi connectivity index (χ2v) is 21.9. The molecule has 2 heterocycles. The molecule has 2 aliphatic rings. The Morgan fingerprint density at radius 2 is 0.803 bits per heavy atom. The first-order chi connectivity index (χ1) is 34.7. The van der Waals surface area contributed by atoms with Gasteiger partial charge in [0.1, 0.15) is 22.4 Å². The molecule has 2 saturated heterocycles.